The molecule has 0 aliphatic carbocycles. The fourth-order valence-corrected chi connectivity index (χ4v) is 2.16. The second kappa shape index (κ2) is 6.24. The second-order valence-corrected chi connectivity index (χ2v) is 5.06. The Labute approximate surface area is 119 Å². The molecule has 0 bridgehead atoms. The predicted molar refractivity (Wildman–Crippen MR) is 83.7 cm³/mol. The zero-order valence-electron chi connectivity index (χ0n) is 11.9. The molecule has 2 aromatic rings. The molecule has 2 rings (SSSR count). The van der Waals surface area contributed by atoms with Crippen molar-refractivity contribution in [1.82, 2.24) is 0 Å². The third-order valence-electron chi connectivity index (χ3n) is 3.37. The molecule has 0 heterocycles. The number of aryl methyl sites for hydroxylation is 3. The predicted octanol–water partition coefficient (Wildman–Crippen LogP) is 3.46. The van der Waals surface area contributed by atoms with Gasteiger partial charge in [0.15, 0.2) is 0 Å². The molecule has 3 heteroatoms. The van der Waals surface area contributed by atoms with Crippen LogP contribution in [-0.2, 0) is 11.2 Å². The Morgan fingerprint density at radius 3 is 2.25 bits per heavy atom. The Hall–Kier alpha value is -2.29. The van der Waals surface area contributed by atoms with Gasteiger partial charge in [0, 0.05) is 17.8 Å². The summed E-state index contributed by atoms with van der Waals surface area (Å²) in [6.45, 7) is 4.01. The maximum atomic E-state index is 12.0. The van der Waals surface area contributed by atoms with Crippen molar-refractivity contribution in [3.05, 3.63) is 59.2 Å². The van der Waals surface area contributed by atoms with Gasteiger partial charge in [-0.05, 0) is 49.1 Å². The Kier molecular flexibility index (Phi) is 4.41. The van der Waals surface area contributed by atoms with Crippen LogP contribution in [0.2, 0.25) is 0 Å². The number of nitrogens with one attached hydrogen (secondary N) is 1. The van der Waals surface area contributed by atoms with Crippen molar-refractivity contribution in [2.75, 3.05) is 11.1 Å². The summed E-state index contributed by atoms with van der Waals surface area (Å²) >= 11 is 0. The van der Waals surface area contributed by atoms with Crippen LogP contribution in [0.15, 0.2) is 42.5 Å². The number of nitrogens with two attached hydrogens (primary N) is 1. The van der Waals surface area contributed by atoms with Crippen LogP contribution in [0.5, 0.6) is 0 Å². The Balaban J connectivity index is 1.94. The van der Waals surface area contributed by atoms with E-state index in [4.69, 9.17) is 5.73 Å². The first-order valence-corrected chi connectivity index (χ1v) is 6.77. The third-order valence-corrected chi connectivity index (χ3v) is 3.37. The van der Waals surface area contributed by atoms with E-state index in [-0.39, 0.29) is 5.91 Å². The molecule has 3 N–H and O–H groups in total. The van der Waals surface area contributed by atoms with E-state index in [1.165, 1.54) is 0 Å². The average molecular weight is 268 g/mol. The Morgan fingerprint density at radius 2 is 1.65 bits per heavy atom. The van der Waals surface area contributed by atoms with Crippen molar-refractivity contribution in [3.63, 3.8) is 0 Å². The molecule has 2 aromatic carbocycles. The van der Waals surface area contributed by atoms with Gasteiger partial charge in [-0.15, -0.1) is 0 Å². The summed E-state index contributed by atoms with van der Waals surface area (Å²) in [6.07, 6.45) is 1.19. The molecule has 104 valence electrons. The van der Waals surface area contributed by atoms with E-state index < -0.39 is 0 Å². The lowest BCUT2D eigenvalue weighted by molar-refractivity contribution is -0.116. The highest BCUT2D eigenvalue weighted by atomic mass is 16.1. The Morgan fingerprint density at radius 1 is 1.05 bits per heavy atom. The molecule has 3 nitrogen and oxygen atoms in total. The molecule has 20 heavy (non-hydrogen) atoms. The van der Waals surface area contributed by atoms with Gasteiger partial charge in [0.1, 0.15) is 0 Å². The summed E-state index contributed by atoms with van der Waals surface area (Å²) < 4.78 is 0. The first-order chi connectivity index (χ1) is 9.56. The number of amides is 1. The normalized spacial score (nSPS) is 10.3. The van der Waals surface area contributed by atoms with Crippen LogP contribution in [-0.4, -0.2) is 5.91 Å². The van der Waals surface area contributed by atoms with Crippen LogP contribution in [0.3, 0.4) is 0 Å². The van der Waals surface area contributed by atoms with E-state index in [9.17, 15) is 4.79 Å². The maximum absolute atomic E-state index is 12.0. The zero-order chi connectivity index (χ0) is 14.5. The van der Waals surface area contributed by atoms with Crippen LogP contribution in [0, 0.1) is 13.8 Å². The molecule has 0 spiro atoms. The van der Waals surface area contributed by atoms with Gasteiger partial charge in [0.2, 0.25) is 5.91 Å². The van der Waals surface area contributed by atoms with Gasteiger partial charge in [0.25, 0.3) is 0 Å². The van der Waals surface area contributed by atoms with Gasteiger partial charge >= 0.3 is 0 Å². The number of benzene rings is 2. The summed E-state index contributed by atoms with van der Waals surface area (Å²) in [6, 6.07) is 13.6. The number of carbonyl (C=O) groups excluding carboxylic acids is 1. The van der Waals surface area contributed by atoms with Gasteiger partial charge in [-0.25, -0.2) is 0 Å². The minimum absolute atomic E-state index is 0.0409. The summed E-state index contributed by atoms with van der Waals surface area (Å²) in [7, 11) is 0. The highest BCUT2D eigenvalue weighted by molar-refractivity contribution is 5.92. The lowest BCUT2D eigenvalue weighted by atomic mass is 10.1. The van der Waals surface area contributed by atoms with Crippen LogP contribution < -0.4 is 11.1 Å². The topological polar surface area (TPSA) is 55.1 Å². The second-order valence-electron chi connectivity index (χ2n) is 5.06. The molecule has 0 saturated heterocycles. The third kappa shape index (κ3) is 3.60. The minimum atomic E-state index is 0.0409. The van der Waals surface area contributed by atoms with Crippen LogP contribution in [0.4, 0.5) is 11.4 Å². The molecule has 0 saturated carbocycles. The van der Waals surface area contributed by atoms with Crippen molar-refractivity contribution in [1.29, 1.82) is 0 Å². The average Bonchev–Trinajstić information content (AvgIpc) is 2.42. The number of hydrogen-bond donors (Lipinski definition) is 2. The minimum Gasteiger partial charge on any atom is -0.399 e. The molecule has 0 unspecified atom stereocenters. The molecular weight excluding hydrogens is 248 g/mol. The van der Waals surface area contributed by atoms with E-state index >= 15 is 0 Å². The summed E-state index contributed by atoms with van der Waals surface area (Å²) in [5.74, 6) is 0.0409. The molecule has 0 fully saturated rings. The van der Waals surface area contributed by atoms with Crippen molar-refractivity contribution < 1.29 is 4.79 Å². The van der Waals surface area contributed by atoms with Crippen LogP contribution >= 0.6 is 0 Å². The molecule has 0 atom stereocenters. The van der Waals surface area contributed by atoms with Gasteiger partial charge in [0.05, 0.1) is 0 Å². The van der Waals surface area contributed by atoms with Crippen LogP contribution in [0.25, 0.3) is 0 Å². The molecule has 0 aliphatic rings. The number of carbonyl (C=O) groups is 1. The smallest absolute Gasteiger partial charge is 0.224 e. The first kappa shape index (κ1) is 14.1. The standard InChI is InChI=1S/C17H20N2O/c1-12-4-3-5-13(2)17(12)19-16(20)11-8-14-6-9-15(18)10-7-14/h3-7,9-10H,8,11,18H2,1-2H3,(H,19,20). The van der Waals surface area contributed by atoms with Crippen molar-refractivity contribution in [2.45, 2.75) is 26.7 Å². The number of anilines is 2. The van der Waals surface area contributed by atoms with Gasteiger partial charge in [-0.1, -0.05) is 30.3 Å². The zero-order valence-corrected chi connectivity index (χ0v) is 11.9. The molecule has 0 aromatic heterocycles. The quantitative estimate of drug-likeness (QED) is 0.834. The van der Waals surface area contributed by atoms with Gasteiger partial charge < -0.3 is 11.1 Å². The SMILES string of the molecule is Cc1cccc(C)c1NC(=O)CCc1ccc(N)cc1. The molecule has 0 aliphatic heterocycles. The lowest BCUT2D eigenvalue weighted by Crippen LogP contribution is -2.14. The van der Waals surface area contributed by atoms with E-state index in [2.05, 4.69) is 5.32 Å². The summed E-state index contributed by atoms with van der Waals surface area (Å²) in [4.78, 5) is 12.0. The first-order valence-electron chi connectivity index (χ1n) is 6.77. The van der Waals surface area contributed by atoms with Crippen LogP contribution in [0.1, 0.15) is 23.1 Å². The van der Waals surface area contributed by atoms with Crippen molar-refractivity contribution >= 4 is 17.3 Å². The molecule has 0 radical (unpaired) electrons. The number of nitrogen functional groups attached to an aromatic ring is 1. The molecular formula is C17H20N2O. The highest BCUT2D eigenvalue weighted by Gasteiger charge is 2.07. The number of para-hydroxylation sites is 1. The van der Waals surface area contributed by atoms with Crippen molar-refractivity contribution in [3.8, 4) is 0 Å². The number of hydrogen-bond acceptors (Lipinski definition) is 2. The van der Waals surface area contributed by atoms with Gasteiger partial charge in [-0.3, -0.25) is 4.79 Å². The summed E-state index contributed by atoms with van der Waals surface area (Å²) in [5.41, 5.74) is 10.6. The lowest BCUT2D eigenvalue weighted by Gasteiger charge is -2.11. The van der Waals surface area contributed by atoms with Crippen molar-refractivity contribution in [2.24, 2.45) is 0 Å². The Bertz CT molecular complexity index is 583. The van der Waals surface area contributed by atoms with Gasteiger partial charge in [-0.2, -0.15) is 0 Å². The molecule has 1 amide bonds. The number of rotatable bonds is 4. The monoisotopic (exact) mass is 268 g/mol. The van der Waals surface area contributed by atoms with E-state index in [0.29, 0.717) is 6.42 Å². The fraction of sp³-hybridized carbons (Fsp3) is 0.235. The maximum Gasteiger partial charge on any atom is 0.224 e. The largest absolute Gasteiger partial charge is 0.399 e. The van der Waals surface area contributed by atoms with E-state index in [0.717, 1.165) is 34.5 Å². The van der Waals surface area contributed by atoms with E-state index in [1.54, 1.807) is 0 Å². The summed E-state index contributed by atoms with van der Waals surface area (Å²) in [5, 5.41) is 3.00. The fourth-order valence-electron chi connectivity index (χ4n) is 2.16. The van der Waals surface area contributed by atoms with E-state index in [1.807, 2.05) is 56.3 Å². The highest BCUT2D eigenvalue weighted by Crippen LogP contribution is 2.19.